The van der Waals surface area contributed by atoms with E-state index in [2.05, 4.69) is 48.0 Å². The maximum atomic E-state index is 5.84. The maximum Gasteiger partial charge on any atom is 0.0519 e. The highest BCUT2D eigenvalue weighted by Gasteiger charge is 2.22. The molecule has 0 aliphatic heterocycles. The van der Waals surface area contributed by atoms with Crippen LogP contribution in [0.25, 0.3) is 0 Å². The summed E-state index contributed by atoms with van der Waals surface area (Å²) in [6, 6.07) is 15.3. The number of anilines is 2. The van der Waals surface area contributed by atoms with E-state index in [1.54, 1.807) is 11.8 Å². The van der Waals surface area contributed by atoms with Crippen LogP contribution in [-0.4, -0.2) is 6.26 Å². The van der Waals surface area contributed by atoms with Gasteiger partial charge in [0.1, 0.15) is 0 Å². The predicted octanol–water partition coefficient (Wildman–Crippen LogP) is 4.09. The monoisotopic (exact) mass is 270 g/mol. The Labute approximate surface area is 118 Å². The number of hydrogen-bond acceptors (Lipinski definition) is 3. The summed E-state index contributed by atoms with van der Waals surface area (Å²) in [5.41, 5.74) is 10.7. The second kappa shape index (κ2) is 5.17. The number of nitrogens with two attached hydrogens (primary N) is 1. The molecule has 3 heteroatoms. The van der Waals surface area contributed by atoms with Crippen molar-refractivity contribution < 1.29 is 0 Å². The molecule has 19 heavy (non-hydrogen) atoms. The second-order valence-corrected chi connectivity index (χ2v) is 5.80. The van der Waals surface area contributed by atoms with Crippen molar-refractivity contribution in [1.82, 2.24) is 0 Å². The van der Waals surface area contributed by atoms with Gasteiger partial charge in [0.2, 0.25) is 0 Å². The first-order valence-electron chi connectivity index (χ1n) is 6.55. The van der Waals surface area contributed by atoms with Gasteiger partial charge in [-0.2, -0.15) is 0 Å². The SMILES string of the molecule is CSc1ccc(NC2CCc3cc(N)ccc32)cc1. The molecule has 0 radical (unpaired) electrons. The van der Waals surface area contributed by atoms with Crippen molar-refractivity contribution >= 4 is 23.1 Å². The smallest absolute Gasteiger partial charge is 0.0519 e. The third-order valence-corrected chi connectivity index (χ3v) is 4.42. The zero-order valence-electron chi connectivity index (χ0n) is 11.0. The standard InChI is InChI=1S/C16H18N2S/c1-19-14-6-4-13(5-7-14)18-16-9-2-11-10-12(17)3-8-15(11)16/h3-8,10,16,18H,2,9,17H2,1H3. The fourth-order valence-electron chi connectivity index (χ4n) is 2.68. The molecule has 1 aliphatic rings. The number of fused-ring (bicyclic) bond motifs is 1. The first-order chi connectivity index (χ1) is 9.26. The Morgan fingerprint density at radius 1 is 1.16 bits per heavy atom. The predicted molar refractivity (Wildman–Crippen MR) is 83.8 cm³/mol. The Kier molecular flexibility index (Phi) is 3.38. The zero-order valence-corrected chi connectivity index (χ0v) is 11.8. The van der Waals surface area contributed by atoms with Crippen molar-refractivity contribution in [2.45, 2.75) is 23.8 Å². The summed E-state index contributed by atoms with van der Waals surface area (Å²) >= 11 is 1.77. The van der Waals surface area contributed by atoms with Gasteiger partial charge in [0, 0.05) is 16.3 Å². The summed E-state index contributed by atoms with van der Waals surface area (Å²) in [6.45, 7) is 0. The molecule has 0 saturated heterocycles. The van der Waals surface area contributed by atoms with Crippen LogP contribution in [0.1, 0.15) is 23.6 Å². The van der Waals surface area contributed by atoms with Crippen LogP contribution in [0.15, 0.2) is 47.4 Å². The van der Waals surface area contributed by atoms with Gasteiger partial charge >= 0.3 is 0 Å². The Balaban J connectivity index is 1.78. The zero-order chi connectivity index (χ0) is 13.2. The van der Waals surface area contributed by atoms with Crippen molar-refractivity contribution in [3.05, 3.63) is 53.6 Å². The van der Waals surface area contributed by atoms with Gasteiger partial charge < -0.3 is 11.1 Å². The lowest BCUT2D eigenvalue weighted by atomic mass is 10.1. The summed E-state index contributed by atoms with van der Waals surface area (Å²) in [5, 5.41) is 3.62. The molecule has 2 nitrogen and oxygen atoms in total. The molecule has 1 unspecified atom stereocenters. The highest BCUT2D eigenvalue weighted by molar-refractivity contribution is 7.98. The second-order valence-electron chi connectivity index (χ2n) is 4.92. The Hall–Kier alpha value is -1.61. The van der Waals surface area contributed by atoms with Crippen LogP contribution in [0, 0.1) is 0 Å². The molecule has 0 fully saturated rings. The van der Waals surface area contributed by atoms with E-state index in [9.17, 15) is 0 Å². The number of aryl methyl sites for hydroxylation is 1. The minimum absolute atomic E-state index is 0.413. The summed E-state index contributed by atoms with van der Waals surface area (Å²) in [5.74, 6) is 0. The van der Waals surface area contributed by atoms with Crippen LogP contribution >= 0.6 is 11.8 Å². The molecular weight excluding hydrogens is 252 g/mol. The number of benzene rings is 2. The normalized spacial score (nSPS) is 17.2. The van der Waals surface area contributed by atoms with Crippen molar-refractivity contribution in [3.8, 4) is 0 Å². The first kappa shape index (κ1) is 12.4. The van der Waals surface area contributed by atoms with Gasteiger partial charge in [-0.3, -0.25) is 0 Å². The topological polar surface area (TPSA) is 38.0 Å². The number of rotatable bonds is 3. The molecule has 0 saturated carbocycles. The molecule has 0 amide bonds. The van der Waals surface area contributed by atoms with Gasteiger partial charge in [0.15, 0.2) is 0 Å². The lowest BCUT2D eigenvalue weighted by molar-refractivity contribution is 0.762. The molecule has 0 aromatic heterocycles. The van der Waals surface area contributed by atoms with Crippen LogP contribution in [-0.2, 0) is 6.42 Å². The number of hydrogen-bond donors (Lipinski definition) is 2. The number of nitrogens with one attached hydrogen (secondary N) is 1. The molecule has 1 atom stereocenters. The van der Waals surface area contributed by atoms with Crippen molar-refractivity contribution in [2.75, 3.05) is 17.3 Å². The van der Waals surface area contributed by atoms with E-state index in [4.69, 9.17) is 5.73 Å². The fraction of sp³-hybridized carbons (Fsp3) is 0.250. The quantitative estimate of drug-likeness (QED) is 0.651. The van der Waals surface area contributed by atoms with Gasteiger partial charge in [-0.15, -0.1) is 11.8 Å². The average molecular weight is 270 g/mol. The summed E-state index contributed by atoms with van der Waals surface area (Å²) in [6.07, 6.45) is 4.35. The molecular formula is C16H18N2S. The molecule has 0 bridgehead atoms. The number of thioether (sulfide) groups is 1. The molecule has 3 rings (SSSR count). The lowest BCUT2D eigenvalue weighted by Crippen LogP contribution is -2.06. The van der Waals surface area contributed by atoms with E-state index in [1.807, 2.05) is 6.07 Å². The van der Waals surface area contributed by atoms with Crippen LogP contribution in [0.3, 0.4) is 0 Å². The van der Waals surface area contributed by atoms with Gasteiger partial charge in [-0.05, 0) is 66.6 Å². The van der Waals surface area contributed by atoms with E-state index in [1.165, 1.54) is 21.7 Å². The molecule has 2 aromatic rings. The largest absolute Gasteiger partial charge is 0.399 e. The minimum Gasteiger partial charge on any atom is -0.399 e. The summed E-state index contributed by atoms with van der Waals surface area (Å²) in [7, 11) is 0. The molecule has 1 aliphatic carbocycles. The Morgan fingerprint density at radius 2 is 1.95 bits per heavy atom. The Morgan fingerprint density at radius 3 is 2.68 bits per heavy atom. The Bertz CT molecular complexity index is 578. The highest BCUT2D eigenvalue weighted by atomic mass is 32.2. The highest BCUT2D eigenvalue weighted by Crippen LogP contribution is 2.35. The van der Waals surface area contributed by atoms with E-state index in [0.717, 1.165) is 18.5 Å². The summed E-state index contributed by atoms with van der Waals surface area (Å²) < 4.78 is 0. The van der Waals surface area contributed by atoms with E-state index in [0.29, 0.717) is 6.04 Å². The van der Waals surface area contributed by atoms with E-state index < -0.39 is 0 Å². The van der Waals surface area contributed by atoms with Gasteiger partial charge in [-0.1, -0.05) is 6.07 Å². The first-order valence-corrected chi connectivity index (χ1v) is 7.77. The van der Waals surface area contributed by atoms with Gasteiger partial charge in [-0.25, -0.2) is 0 Å². The van der Waals surface area contributed by atoms with E-state index in [-0.39, 0.29) is 0 Å². The minimum atomic E-state index is 0.413. The molecule has 0 spiro atoms. The van der Waals surface area contributed by atoms with Crippen LogP contribution < -0.4 is 11.1 Å². The van der Waals surface area contributed by atoms with Crippen LogP contribution in [0.4, 0.5) is 11.4 Å². The maximum absolute atomic E-state index is 5.84. The molecule has 2 aromatic carbocycles. The van der Waals surface area contributed by atoms with Gasteiger partial charge in [0.05, 0.1) is 6.04 Å². The fourth-order valence-corrected chi connectivity index (χ4v) is 3.08. The number of nitrogen functional groups attached to an aromatic ring is 1. The van der Waals surface area contributed by atoms with Crippen LogP contribution in [0.5, 0.6) is 0 Å². The lowest BCUT2D eigenvalue weighted by Gasteiger charge is -2.16. The van der Waals surface area contributed by atoms with E-state index >= 15 is 0 Å². The third kappa shape index (κ3) is 2.56. The third-order valence-electron chi connectivity index (χ3n) is 3.68. The van der Waals surface area contributed by atoms with Crippen LogP contribution in [0.2, 0.25) is 0 Å². The van der Waals surface area contributed by atoms with Crippen molar-refractivity contribution in [2.24, 2.45) is 0 Å². The van der Waals surface area contributed by atoms with Crippen molar-refractivity contribution in [3.63, 3.8) is 0 Å². The molecule has 0 heterocycles. The summed E-state index contributed by atoms with van der Waals surface area (Å²) in [4.78, 5) is 1.30. The average Bonchev–Trinajstić information content (AvgIpc) is 2.82. The molecule has 3 N–H and O–H groups in total. The van der Waals surface area contributed by atoms with Gasteiger partial charge in [0.25, 0.3) is 0 Å². The van der Waals surface area contributed by atoms with Crippen molar-refractivity contribution in [1.29, 1.82) is 0 Å². The molecule has 98 valence electrons.